The SMILES string of the molecule is CCCCc1ccc(C(=O)N[C@H](CS(=O)(=O)Nc2cn(C)cn2)C(=O)NCCC(C)C)cc1. The number of amides is 2. The summed E-state index contributed by atoms with van der Waals surface area (Å²) in [6.07, 6.45) is 6.78. The van der Waals surface area contributed by atoms with Crippen LogP contribution in [0, 0.1) is 5.92 Å². The van der Waals surface area contributed by atoms with E-state index in [1.807, 2.05) is 26.0 Å². The van der Waals surface area contributed by atoms with E-state index in [4.69, 9.17) is 0 Å². The van der Waals surface area contributed by atoms with E-state index in [1.165, 1.54) is 12.5 Å². The second-order valence-electron chi connectivity index (χ2n) is 8.61. The molecule has 0 saturated heterocycles. The molecule has 0 unspecified atom stereocenters. The van der Waals surface area contributed by atoms with E-state index in [-0.39, 0.29) is 5.82 Å². The quantitative estimate of drug-likeness (QED) is 0.409. The van der Waals surface area contributed by atoms with Crippen LogP contribution in [0.2, 0.25) is 0 Å². The molecule has 10 heteroatoms. The summed E-state index contributed by atoms with van der Waals surface area (Å²) in [5.41, 5.74) is 1.49. The van der Waals surface area contributed by atoms with Crippen molar-refractivity contribution < 1.29 is 18.0 Å². The standard InChI is InChI=1S/C23H35N5O4S/c1-5-6-7-18-8-10-19(11-9-18)22(29)26-20(23(30)24-13-12-17(2)3)15-33(31,32)27-21-14-28(4)16-25-21/h8-11,14,16-17,20,27H,5-7,12-13,15H2,1-4H3,(H,24,30)(H,26,29)/t20-/m1/s1. The lowest BCUT2D eigenvalue weighted by Gasteiger charge is -2.19. The fourth-order valence-electron chi connectivity index (χ4n) is 3.12. The molecule has 3 N–H and O–H groups in total. The highest BCUT2D eigenvalue weighted by molar-refractivity contribution is 7.92. The van der Waals surface area contributed by atoms with Gasteiger partial charge in [-0.15, -0.1) is 0 Å². The Kier molecular flexibility index (Phi) is 9.90. The Morgan fingerprint density at radius 3 is 2.42 bits per heavy atom. The van der Waals surface area contributed by atoms with Gasteiger partial charge in [0.2, 0.25) is 15.9 Å². The molecule has 1 aromatic carbocycles. The number of carbonyl (C=O) groups is 2. The lowest BCUT2D eigenvalue weighted by Crippen LogP contribution is -2.51. The molecule has 0 aliphatic carbocycles. The predicted octanol–water partition coefficient (Wildman–Crippen LogP) is 2.47. The Morgan fingerprint density at radius 2 is 1.85 bits per heavy atom. The van der Waals surface area contributed by atoms with E-state index in [1.54, 1.807) is 23.7 Å². The second kappa shape index (κ2) is 12.4. The first-order valence-corrected chi connectivity index (χ1v) is 12.9. The van der Waals surface area contributed by atoms with Crippen LogP contribution in [0.1, 0.15) is 56.0 Å². The molecule has 0 spiro atoms. The molecule has 9 nitrogen and oxygen atoms in total. The van der Waals surface area contributed by atoms with Crippen LogP contribution >= 0.6 is 0 Å². The highest BCUT2D eigenvalue weighted by Crippen LogP contribution is 2.10. The average Bonchev–Trinajstić information content (AvgIpc) is 3.15. The van der Waals surface area contributed by atoms with Crippen molar-refractivity contribution >= 4 is 27.7 Å². The van der Waals surface area contributed by atoms with Gasteiger partial charge in [-0.1, -0.05) is 39.3 Å². The summed E-state index contributed by atoms with van der Waals surface area (Å²) < 4.78 is 29.3. The van der Waals surface area contributed by atoms with Gasteiger partial charge in [0, 0.05) is 25.4 Å². The highest BCUT2D eigenvalue weighted by atomic mass is 32.2. The van der Waals surface area contributed by atoms with Crippen molar-refractivity contribution in [2.75, 3.05) is 17.0 Å². The molecule has 2 rings (SSSR count). The van der Waals surface area contributed by atoms with Gasteiger partial charge >= 0.3 is 0 Å². The van der Waals surface area contributed by atoms with Crippen LogP contribution in [0.5, 0.6) is 0 Å². The molecule has 0 aliphatic rings. The topological polar surface area (TPSA) is 122 Å². The molecular weight excluding hydrogens is 442 g/mol. The Bertz CT molecular complexity index is 1020. The van der Waals surface area contributed by atoms with Crippen molar-refractivity contribution in [3.05, 3.63) is 47.9 Å². The van der Waals surface area contributed by atoms with Crippen molar-refractivity contribution in [3.63, 3.8) is 0 Å². The van der Waals surface area contributed by atoms with Crippen molar-refractivity contribution in [2.45, 2.75) is 52.5 Å². The van der Waals surface area contributed by atoms with Crippen molar-refractivity contribution in [1.82, 2.24) is 20.2 Å². The maximum Gasteiger partial charge on any atom is 0.251 e. The molecule has 182 valence electrons. The number of aromatic nitrogens is 2. The third-order valence-corrected chi connectivity index (χ3v) is 6.32. The molecular formula is C23H35N5O4S. The molecule has 0 bridgehead atoms. The van der Waals surface area contributed by atoms with Crippen molar-refractivity contribution in [1.29, 1.82) is 0 Å². The van der Waals surface area contributed by atoms with Gasteiger partial charge in [-0.2, -0.15) is 0 Å². The zero-order chi connectivity index (χ0) is 24.4. The number of nitrogens with one attached hydrogen (secondary N) is 3. The maximum absolute atomic E-state index is 12.8. The Balaban J connectivity index is 2.12. The van der Waals surface area contributed by atoms with E-state index in [0.717, 1.165) is 31.2 Å². The normalized spacial score (nSPS) is 12.4. The molecule has 0 fully saturated rings. The van der Waals surface area contributed by atoms with E-state index in [2.05, 4.69) is 27.3 Å². The number of hydrogen-bond acceptors (Lipinski definition) is 5. The van der Waals surface area contributed by atoms with Crippen LogP contribution in [0.4, 0.5) is 5.82 Å². The number of nitrogens with zero attached hydrogens (tertiary/aromatic N) is 2. The zero-order valence-electron chi connectivity index (χ0n) is 19.8. The Hall–Kier alpha value is -2.88. The number of carbonyl (C=O) groups excluding carboxylic acids is 2. The van der Waals surface area contributed by atoms with Crippen molar-refractivity contribution in [2.24, 2.45) is 13.0 Å². The zero-order valence-corrected chi connectivity index (χ0v) is 20.6. The molecule has 0 radical (unpaired) electrons. The van der Waals surface area contributed by atoms with Gasteiger partial charge in [0.05, 0.1) is 12.1 Å². The fraction of sp³-hybridized carbons (Fsp3) is 0.522. The minimum atomic E-state index is -3.95. The molecule has 1 aromatic heterocycles. The van der Waals surface area contributed by atoms with Gasteiger partial charge in [0.25, 0.3) is 5.91 Å². The first-order valence-electron chi connectivity index (χ1n) is 11.3. The van der Waals surface area contributed by atoms with Crippen molar-refractivity contribution in [3.8, 4) is 0 Å². The smallest absolute Gasteiger partial charge is 0.251 e. The minimum absolute atomic E-state index is 0.144. The Morgan fingerprint density at radius 1 is 1.15 bits per heavy atom. The highest BCUT2D eigenvalue weighted by Gasteiger charge is 2.28. The number of anilines is 1. The molecule has 0 saturated carbocycles. The minimum Gasteiger partial charge on any atom is -0.354 e. The first kappa shape index (κ1) is 26.4. The van der Waals surface area contributed by atoms with Crippen LogP contribution in [-0.4, -0.2) is 48.1 Å². The molecule has 1 heterocycles. The van der Waals surface area contributed by atoms with Gasteiger partial charge in [-0.05, 0) is 42.9 Å². The second-order valence-corrected chi connectivity index (χ2v) is 10.4. The van der Waals surface area contributed by atoms with Crippen LogP contribution in [-0.2, 0) is 28.3 Å². The molecule has 2 aromatic rings. The fourth-order valence-corrected chi connectivity index (χ4v) is 4.30. The molecule has 1 atom stereocenters. The average molecular weight is 478 g/mol. The van der Waals surface area contributed by atoms with Crippen LogP contribution < -0.4 is 15.4 Å². The number of sulfonamides is 1. The summed E-state index contributed by atoms with van der Waals surface area (Å²) in [7, 11) is -2.24. The molecule has 0 aliphatic heterocycles. The monoisotopic (exact) mass is 477 g/mol. The van der Waals surface area contributed by atoms with E-state index in [9.17, 15) is 18.0 Å². The third-order valence-electron chi connectivity index (χ3n) is 5.03. The van der Waals surface area contributed by atoms with Crippen LogP contribution in [0.15, 0.2) is 36.8 Å². The Labute approximate surface area is 196 Å². The third kappa shape index (κ3) is 9.25. The summed E-state index contributed by atoms with van der Waals surface area (Å²) in [5, 5.41) is 5.31. The first-order chi connectivity index (χ1) is 15.6. The lowest BCUT2D eigenvalue weighted by molar-refractivity contribution is -0.122. The molecule has 2 amide bonds. The van der Waals surface area contributed by atoms with Gasteiger partial charge in [-0.25, -0.2) is 13.4 Å². The summed E-state index contributed by atoms with van der Waals surface area (Å²) in [4.78, 5) is 29.5. The molecule has 33 heavy (non-hydrogen) atoms. The number of unbranched alkanes of at least 4 members (excludes halogenated alkanes) is 1. The summed E-state index contributed by atoms with van der Waals surface area (Å²) in [5.74, 6) is -1.15. The van der Waals surface area contributed by atoms with Crippen LogP contribution in [0.3, 0.4) is 0 Å². The lowest BCUT2D eigenvalue weighted by atomic mass is 10.1. The number of rotatable bonds is 13. The van der Waals surface area contributed by atoms with Gasteiger partial charge in [0.15, 0.2) is 5.82 Å². The van der Waals surface area contributed by atoms with E-state index >= 15 is 0 Å². The number of aryl methyl sites for hydroxylation is 2. The summed E-state index contributed by atoms with van der Waals surface area (Å²) in [6, 6.07) is 5.87. The largest absolute Gasteiger partial charge is 0.354 e. The number of benzene rings is 1. The maximum atomic E-state index is 12.8. The predicted molar refractivity (Wildman–Crippen MR) is 129 cm³/mol. The summed E-state index contributed by atoms with van der Waals surface area (Å²) in [6.45, 7) is 6.56. The number of imidazole rings is 1. The van der Waals surface area contributed by atoms with Gasteiger partial charge in [-0.3, -0.25) is 14.3 Å². The van der Waals surface area contributed by atoms with Gasteiger partial charge < -0.3 is 15.2 Å². The van der Waals surface area contributed by atoms with Gasteiger partial charge in [0.1, 0.15) is 6.04 Å². The van der Waals surface area contributed by atoms with Crippen LogP contribution in [0.25, 0.3) is 0 Å². The number of hydrogen-bond donors (Lipinski definition) is 3. The van der Waals surface area contributed by atoms with E-state index < -0.39 is 33.6 Å². The summed E-state index contributed by atoms with van der Waals surface area (Å²) >= 11 is 0. The van der Waals surface area contributed by atoms with E-state index in [0.29, 0.717) is 18.0 Å².